The molecule has 0 atom stereocenters. The van der Waals surface area contributed by atoms with Gasteiger partial charge in [-0.15, -0.1) is 0 Å². The molecule has 94 valence electrons. The highest BCUT2D eigenvalue weighted by atomic mass is 16.6. The predicted molar refractivity (Wildman–Crippen MR) is 66.6 cm³/mol. The fraction of sp³-hybridized carbons (Fsp3) is 0.455. The van der Waals surface area contributed by atoms with Crippen LogP contribution in [0.1, 0.15) is 19.3 Å². The topological polar surface area (TPSA) is 88.0 Å². The summed E-state index contributed by atoms with van der Waals surface area (Å²) in [6.45, 7) is 1.89. The van der Waals surface area contributed by atoms with Crippen molar-refractivity contribution in [1.82, 2.24) is 15.0 Å². The zero-order valence-electron chi connectivity index (χ0n) is 9.80. The first-order chi connectivity index (χ1) is 8.77. The molecule has 0 aromatic carbocycles. The second-order valence-corrected chi connectivity index (χ2v) is 4.40. The van der Waals surface area contributed by atoms with Gasteiger partial charge in [0.2, 0.25) is 0 Å². The molecule has 0 aliphatic carbocycles. The minimum atomic E-state index is -0.448. The monoisotopic (exact) mass is 247 g/mol. The fourth-order valence-electron chi connectivity index (χ4n) is 2.39. The number of anilines is 1. The molecular formula is C11H13N5O2. The Hall–Kier alpha value is -2.18. The van der Waals surface area contributed by atoms with E-state index in [0.29, 0.717) is 11.0 Å². The third kappa shape index (κ3) is 1.68. The van der Waals surface area contributed by atoms with Crippen LogP contribution in [0.3, 0.4) is 0 Å². The van der Waals surface area contributed by atoms with E-state index in [9.17, 15) is 10.1 Å². The molecule has 7 heteroatoms. The number of piperidine rings is 1. The summed E-state index contributed by atoms with van der Waals surface area (Å²) in [4.78, 5) is 23.8. The molecule has 0 saturated carbocycles. The standard InChI is InChI=1S/C11H13N5O2/c17-16(18)8-6-12-11(10-9(8)13-7-14-10)15-4-2-1-3-5-15/h6-7H,1-5H2,(H,13,14). The Morgan fingerprint density at radius 3 is 2.78 bits per heavy atom. The lowest BCUT2D eigenvalue weighted by Gasteiger charge is -2.27. The number of fused-ring (bicyclic) bond motifs is 1. The van der Waals surface area contributed by atoms with Gasteiger partial charge in [0.25, 0.3) is 0 Å². The Kier molecular flexibility index (Phi) is 2.58. The number of nitrogens with one attached hydrogen (secondary N) is 1. The van der Waals surface area contributed by atoms with Gasteiger partial charge < -0.3 is 9.88 Å². The van der Waals surface area contributed by atoms with Crippen molar-refractivity contribution in [3.05, 3.63) is 22.6 Å². The van der Waals surface area contributed by atoms with E-state index in [1.54, 1.807) is 0 Å². The number of aromatic nitrogens is 3. The van der Waals surface area contributed by atoms with Crippen LogP contribution in [0.15, 0.2) is 12.5 Å². The van der Waals surface area contributed by atoms with Crippen LogP contribution >= 0.6 is 0 Å². The van der Waals surface area contributed by atoms with E-state index in [2.05, 4.69) is 19.9 Å². The number of pyridine rings is 1. The Bertz CT molecular complexity index is 588. The van der Waals surface area contributed by atoms with Gasteiger partial charge in [-0.05, 0) is 19.3 Å². The summed E-state index contributed by atoms with van der Waals surface area (Å²) in [6.07, 6.45) is 6.28. The van der Waals surface area contributed by atoms with Crippen LogP contribution in [-0.4, -0.2) is 33.0 Å². The van der Waals surface area contributed by atoms with Crippen molar-refractivity contribution in [3.63, 3.8) is 0 Å². The first-order valence-electron chi connectivity index (χ1n) is 5.99. The van der Waals surface area contributed by atoms with E-state index in [1.165, 1.54) is 18.9 Å². The lowest BCUT2D eigenvalue weighted by atomic mass is 10.1. The molecule has 3 rings (SSSR count). The molecule has 3 heterocycles. The van der Waals surface area contributed by atoms with Gasteiger partial charge in [0, 0.05) is 13.1 Å². The van der Waals surface area contributed by atoms with E-state index >= 15 is 0 Å². The molecule has 2 aromatic heterocycles. The second kappa shape index (κ2) is 4.25. The van der Waals surface area contributed by atoms with Crippen molar-refractivity contribution >= 4 is 22.5 Å². The summed E-state index contributed by atoms with van der Waals surface area (Å²) in [5.74, 6) is 0.771. The van der Waals surface area contributed by atoms with Crippen molar-refractivity contribution in [2.75, 3.05) is 18.0 Å². The number of nitrogens with zero attached hydrogens (tertiary/aromatic N) is 4. The SMILES string of the molecule is O=[N+]([O-])c1cnc(N2CCCCC2)c2[nH]cnc12. The molecule has 0 spiro atoms. The van der Waals surface area contributed by atoms with E-state index < -0.39 is 4.92 Å². The summed E-state index contributed by atoms with van der Waals surface area (Å²) in [5.41, 5.74) is 0.994. The average molecular weight is 247 g/mol. The molecule has 2 aromatic rings. The first kappa shape index (κ1) is 10.9. The molecule has 0 bridgehead atoms. The minimum Gasteiger partial charge on any atom is -0.355 e. The van der Waals surface area contributed by atoms with Gasteiger partial charge in [-0.3, -0.25) is 10.1 Å². The normalized spacial score (nSPS) is 16.1. The third-order valence-corrected chi connectivity index (χ3v) is 3.27. The molecule has 0 amide bonds. The van der Waals surface area contributed by atoms with Gasteiger partial charge in [-0.1, -0.05) is 0 Å². The quantitative estimate of drug-likeness (QED) is 0.646. The maximum atomic E-state index is 10.9. The Morgan fingerprint density at radius 2 is 2.06 bits per heavy atom. The highest BCUT2D eigenvalue weighted by Gasteiger charge is 2.22. The number of aromatic amines is 1. The van der Waals surface area contributed by atoms with Gasteiger partial charge in [0.05, 0.1) is 11.3 Å². The van der Waals surface area contributed by atoms with Crippen molar-refractivity contribution in [2.45, 2.75) is 19.3 Å². The van der Waals surface area contributed by atoms with Gasteiger partial charge in [-0.25, -0.2) is 9.97 Å². The largest absolute Gasteiger partial charge is 0.355 e. The molecule has 1 saturated heterocycles. The number of hydrogen-bond acceptors (Lipinski definition) is 5. The number of hydrogen-bond donors (Lipinski definition) is 1. The molecule has 1 fully saturated rings. The van der Waals surface area contributed by atoms with Gasteiger partial charge in [0.1, 0.15) is 11.7 Å². The van der Waals surface area contributed by atoms with E-state index in [4.69, 9.17) is 0 Å². The lowest BCUT2D eigenvalue weighted by molar-refractivity contribution is -0.383. The smallest absolute Gasteiger partial charge is 0.315 e. The second-order valence-electron chi connectivity index (χ2n) is 4.40. The maximum Gasteiger partial charge on any atom is 0.315 e. The summed E-state index contributed by atoms with van der Waals surface area (Å²) >= 11 is 0. The number of rotatable bonds is 2. The predicted octanol–water partition coefficient (Wildman–Crippen LogP) is 1.86. The molecule has 1 aliphatic heterocycles. The summed E-state index contributed by atoms with van der Waals surface area (Å²) in [7, 11) is 0. The molecule has 7 nitrogen and oxygen atoms in total. The van der Waals surface area contributed by atoms with Crippen LogP contribution in [0, 0.1) is 10.1 Å². The summed E-state index contributed by atoms with van der Waals surface area (Å²) in [5, 5.41) is 10.9. The molecular weight excluding hydrogens is 234 g/mol. The molecule has 0 radical (unpaired) electrons. The van der Waals surface area contributed by atoms with Crippen LogP contribution in [-0.2, 0) is 0 Å². The van der Waals surface area contributed by atoms with Gasteiger partial charge in [-0.2, -0.15) is 0 Å². The molecule has 0 unspecified atom stereocenters. The zero-order chi connectivity index (χ0) is 12.5. The van der Waals surface area contributed by atoms with Crippen molar-refractivity contribution in [3.8, 4) is 0 Å². The van der Waals surface area contributed by atoms with Crippen molar-refractivity contribution < 1.29 is 4.92 Å². The third-order valence-electron chi connectivity index (χ3n) is 3.27. The number of H-pyrrole nitrogens is 1. The van der Waals surface area contributed by atoms with E-state index in [0.717, 1.165) is 31.7 Å². The van der Waals surface area contributed by atoms with Crippen molar-refractivity contribution in [1.29, 1.82) is 0 Å². The van der Waals surface area contributed by atoms with Gasteiger partial charge in [0.15, 0.2) is 11.3 Å². The van der Waals surface area contributed by atoms with E-state index in [1.807, 2.05) is 0 Å². The van der Waals surface area contributed by atoms with Crippen LogP contribution in [0.4, 0.5) is 11.5 Å². The van der Waals surface area contributed by atoms with E-state index in [-0.39, 0.29) is 5.69 Å². The number of imidazole rings is 1. The highest BCUT2D eigenvalue weighted by molar-refractivity contribution is 5.92. The van der Waals surface area contributed by atoms with Crippen LogP contribution < -0.4 is 4.90 Å². The lowest BCUT2D eigenvalue weighted by Crippen LogP contribution is -2.30. The molecule has 1 N–H and O–H groups in total. The molecule has 18 heavy (non-hydrogen) atoms. The Balaban J connectivity index is 2.10. The average Bonchev–Trinajstić information content (AvgIpc) is 2.87. The van der Waals surface area contributed by atoms with Crippen LogP contribution in [0.5, 0.6) is 0 Å². The number of nitro groups is 1. The van der Waals surface area contributed by atoms with Crippen LogP contribution in [0.25, 0.3) is 11.0 Å². The minimum absolute atomic E-state index is 0.0491. The van der Waals surface area contributed by atoms with Crippen molar-refractivity contribution in [2.24, 2.45) is 0 Å². The Labute approximate surface area is 103 Å². The zero-order valence-corrected chi connectivity index (χ0v) is 9.80. The molecule has 1 aliphatic rings. The highest BCUT2D eigenvalue weighted by Crippen LogP contribution is 2.29. The maximum absolute atomic E-state index is 10.9. The summed E-state index contributed by atoms with van der Waals surface area (Å²) in [6, 6.07) is 0. The van der Waals surface area contributed by atoms with Gasteiger partial charge >= 0.3 is 5.69 Å². The van der Waals surface area contributed by atoms with Crippen LogP contribution in [0.2, 0.25) is 0 Å². The first-order valence-corrected chi connectivity index (χ1v) is 5.99. The fourth-order valence-corrected chi connectivity index (χ4v) is 2.39. The summed E-state index contributed by atoms with van der Waals surface area (Å²) < 4.78 is 0. The Morgan fingerprint density at radius 1 is 1.28 bits per heavy atom.